The van der Waals surface area contributed by atoms with Crippen LogP contribution < -0.4 is 10.5 Å². The van der Waals surface area contributed by atoms with Crippen molar-refractivity contribution in [2.24, 2.45) is 0 Å². The number of nitrogens with two attached hydrogens (primary N) is 1. The molecule has 0 bridgehead atoms. The monoisotopic (exact) mass is 237 g/mol. The van der Waals surface area contributed by atoms with Gasteiger partial charge in [0.15, 0.2) is 0 Å². The molecule has 17 heavy (non-hydrogen) atoms. The summed E-state index contributed by atoms with van der Waals surface area (Å²) in [4.78, 5) is 7.08. The zero-order valence-electron chi connectivity index (χ0n) is 8.95. The van der Waals surface area contributed by atoms with Crippen molar-refractivity contribution in [2.45, 2.75) is 6.92 Å². The molecule has 0 spiro atoms. The Morgan fingerprint density at radius 3 is 2.76 bits per heavy atom. The van der Waals surface area contributed by atoms with E-state index >= 15 is 0 Å². The van der Waals surface area contributed by atoms with Gasteiger partial charge in [0.2, 0.25) is 11.8 Å². The molecule has 1 heterocycles. The number of aryl methyl sites for hydroxylation is 1. The van der Waals surface area contributed by atoms with Crippen molar-refractivity contribution in [3.8, 4) is 11.6 Å². The molecule has 0 fully saturated rings. The van der Waals surface area contributed by atoms with Crippen molar-refractivity contribution in [3.05, 3.63) is 41.6 Å². The van der Waals surface area contributed by atoms with Crippen LogP contribution in [-0.2, 0) is 0 Å². The smallest absolute Gasteiger partial charge is 0.260 e. The predicted molar refractivity (Wildman–Crippen MR) is 57.6 cm³/mol. The second-order valence-electron chi connectivity index (χ2n) is 3.39. The molecule has 2 N–H and O–H groups in total. The van der Waals surface area contributed by atoms with Crippen LogP contribution in [0.25, 0.3) is 0 Å². The molecule has 0 unspecified atom stereocenters. The zero-order chi connectivity index (χ0) is 12.4. The lowest BCUT2D eigenvalue weighted by molar-refractivity contribution is 0.417. The fraction of sp³-hybridized carbons (Fsp3) is 0.0909. The Balaban J connectivity index is 2.34. The maximum absolute atomic E-state index is 13.3. The molecule has 0 amide bonds. The van der Waals surface area contributed by atoms with Gasteiger partial charge in [0, 0.05) is 0 Å². The van der Waals surface area contributed by atoms with E-state index in [1.165, 1.54) is 18.2 Å². The van der Waals surface area contributed by atoms with Gasteiger partial charge in [-0.15, -0.1) is 0 Å². The number of nitrogen functional groups attached to an aromatic ring is 1. The molecule has 6 heteroatoms. The van der Waals surface area contributed by atoms with Gasteiger partial charge in [0.1, 0.15) is 11.6 Å². The molecule has 0 atom stereocenters. The van der Waals surface area contributed by atoms with Crippen LogP contribution in [-0.4, -0.2) is 9.97 Å². The van der Waals surface area contributed by atoms with Crippen LogP contribution in [0.2, 0.25) is 0 Å². The number of hydrogen-bond donors (Lipinski definition) is 1. The normalized spacial score (nSPS) is 10.3. The minimum Gasteiger partial charge on any atom is -0.436 e. The van der Waals surface area contributed by atoms with Crippen molar-refractivity contribution in [1.82, 2.24) is 9.97 Å². The number of nitrogens with zero attached hydrogens (tertiary/aromatic N) is 2. The number of aromatic nitrogens is 2. The van der Waals surface area contributed by atoms with Crippen LogP contribution >= 0.6 is 0 Å². The van der Waals surface area contributed by atoms with E-state index in [0.29, 0.717) is 11.3 Å². The summed E-state index contributed by atoms with van der Waals surface area (Å²) < 4.78 is 31.3. The third-order valence-electron chi connectivity index (χ3n) is 2.07. The Morgan fingerprint density at radius 2 is 2.06 bits per heavy atom. The number of hydrogen-bond acceptors (Lipinski definition) is 4. The number of benzene rings is 1. The summed E-state index contributed by atoms with van der Waals surface area (Å²) in [5.41, 5.74) is 5.84. The van der Waals surface area contributed by atoms with Gasteiger partial charge in [0.05, 0.1) is 6.20 Å². The van der Waals surface area contributed by atoms with Crippen LogP contribution in [0.1, 0.15) is 5.56 Å². The second-order valence-corrected chi connectivity index (χ2v) is 3.39. The van der Waals surface area contributed by atoms with E-state index in [0.717, 1.165) is 6.20 Å². The Labute approximate surface area is 96.1 Å². The third kappa shape index (κ3) is 2.47. The summed E-state index contributed by atoms with van der Waals surface area (Å²) >= 11 is 0. The highest BCUT2D eigenvalue weighted by Crippen LogP contribution is 2.25. The second kappa shape index (κ2) is 4.32. The van der Waals surface area contributed by atoms with E-state index in [-0.39, 0.29) is 11.8 Å². The average molecular weight is 237 g/mol. The molecule has 1 aromatic carbocycles. The zero-order valence-corrected chi connectivity index (χ0v) is 8.95. The van der Waals surface area contributed by atoms with E-state index in [4.69, 9.17) is 10.5 Å². The summed E-state index contributed by atoms with van der Waals surface area (Å²) in [6, 6.07) is 3.88. The molecule has 1 aromatic heterocycles. The van der Waals surface area contributed by atoms with Gasteiger partial charge in [0.25, 0.3) is 5.88 Å². The van der Waals surface area contributed by atoms with Crippen molar-refractivity contribution >= 4 is 5.95 Å². The molecule has 0 saturated carbocycles. The van der Waals surface area contributed by atoms with E-state index in [1.807, 2.05) is 0 Å². The fourth-order valence-electron chi connectivity index (χ4n) is 1.27. The van der Waals surface area contributed by atoms with Crippen molar-refractivity contribution in [2.75, 3.05) is 5.73 Å². The summed E-state index contributed by atoms with van der Waals surface area (Å²) in [5, 5.41) is 0. The number of rotatable bonds is 2. The first-order valence-electron chi connectivity index (χ1n) is 4.78. The topological polar surface area (TPSA) is 61.0 Å². The van der Waals surface area contributed by atoms with Crippen molar-refractivity contribution < 1.29 is 13.5 Å². The van der Waals surface area contributed by atoms with Gasteiger partial charge < -0.3 is 10.5 Å². The fourth-order valence-corrected chi connectivity index (χ4v) is 1.27. The van der Waals surface area contributed by atoms with Gasteiger partial charge in [-0.3, -0.25) is 0 Å². The summed E-state index contributed by atoms with van der Waals surface area (Å²) in [6.07, 6.45) is 0.913. The molecule has 0 aliphatic rings. The van der Waals surface area contributed by atoms with Crippen LogP contribution in [0.15, 0.2) is 24.4 Å². The summed E-state index contributed by atoms with van der Waals surface area (Å²) in [6.45, 7) is 1.64. The number of halogens is 2. The molecule has 0 radical (unpaired) electrons. The first-order valence-corrected chi connectivity index (χ1v) is 4.78. The molecule has 2 rings (SSSR count). The average Bonchev–Trinajstić information content (AvgIpc) is 2.27. The van der Waals surface area contributed by atoms with Gasteiger partial charge in [-0.2, -0.15) is 9.37 Å². The SMILES string of the molecule is Cc1cc(F)ccc1Oc1nc(N)ncc1F. The van der Waals surface area contributed by atoms with Gasteiger partial charge >= 0.3 is 0 Å². The van der Waals surface area contributed by atoms with E-state index in [2.05, 4.69) is 9.97 Å². The van der Waals surface area contributed by atoms with E-state index in [1.54, 1.807) is 6.92 Å². The van der Waals surface area contributed by atoms with Crippen molar-refractivity contribution in [3.63, 3.8) is 0 Å². The molecule has 2 aromatic rings. The molecule has 0 aliphatic carbocycles. The Morgan fingerprint density at radius 1 is 1.29 bits per heavy atom. The molecular formula is C11H9F2N3O. The van der Waals surface area contributed by atoms with Crippen LogP contribution in [0, 0.1) is 18.6 Å². The first kappa shape index (κ1) is 11.3. The molecule has 0 aliphatic heterocycles. The molecule has 4 nitrogen and oxygen atoms in total. The minimum atomic E-state index is -0.733. The van der Waals surface area contributed by atoms with E-state index in [9.17, 15) is 8.78 Å². The lowest BCUT2D eigenvalue weighted by Gasteiger charge is -2.08. The van der Waals surface area contributed by atoms with Crippen molar-refractivity contribution in [1.29, 1.82) is 0 Å². The van der Waals surface area contributed by atoms with E-state index < -0.39 is 11.6 Å². The highest BCUT2D eigenvalue weighted by molar-refractivity contribution is 5.36. The predicted octanol–water partition coefficient (Wildman–Crippen LogP) is 2.44. The van der Waals surface area contributed by atoms with Gasteiger partial charge in [-0.1, -0.05) is 0 Å². The Kier molecular flexibility index (Phi) is 2.86. The van der Waals surface area contributed by atoms with Crippen LogP contribution in [0.5, 0.6) is 11.6 Å². The number of ether oxygens (including phenoxy) is 1. The molecule has 88 valence electrons. The van der Waals surface area contributed by atoms with Gasteiger partial charge in [-0.25, -0.2) is 9.37 Å². The number of anilines is 1. The summed E-state index contributed by atoms with van der Waals surface area (Å²) in [7, 11) is 0. The molecule has 0 saturated heterocycles. The van der Waals surface area contributed by atoms with Crippen LogP contribution in [0.4, 0.5) is 14.7 Å². The quantitative estimate of drug-likeness (QED) is 0.871. The largest absolute Gasteiger partial charge is 0.436 e. The van der Waals surface area contributed by atoms with Crippen LogP contribution in [0.3, 0.4) is 0 Å². The third-order valence-corrected chi connectivity index (χ3v) is 2.07. The Bertz CT molecular complexity index is 560. The van der Waals surface area contributed by atoms with Gasteiger partial charge in [-0.05, 0) is 30.7 Å². The lowest BCUT2D eigenvalue weighted by atomic mass is 10.2. The lowest BCUT2D eigenvalue weighted by Crippen LogP contribution is -2.00. The standard InChI is InChI=1S/C11H9F2N3O/c1-6-4-7(12)2-3-9(6)17-10-8(13)5-15-11(14)16-10/h2-5H,1H3,(H2,14,15,16). The highest BCUT2D eigenvalue weighted by Gasteiger charge is 2.10. The maximum Gasteiger partial charge on any atom is 0.260 e. The first-order chi connectivity index (χ1) is 8.06. The maximum atomic E-state index is 13.3. The minimum absolute atomic E-state index is 0.0961. The Hall–Kier alpha value is -2.24. The molecular weight excluding hydrogens is 228 g/mol. The highest BCUT2D eigenvalue weighted by atomic mass is 19.1. The summed E-state index contributed by atoms with van der Waals surface area (Å²) in [5.74, 6) is -1.20.